The van der Waals surface area contributed by atoms with Crippen LogP contribution in [0.5, 0.6) is 0 Å². The van der Waals surface area contributed by atoms with Gasteiger partial charge in [0.15, 0.2) is 0 Å². The predicted octanol–water partition coefficient (Wildman–Crippen LogP) is 1.24. The quantitative estimate of drug-likeness (QED) is 0.804. The molecule has 0 aromatic heterocycles. The molecule has 0 radical (unpaired) electrons. The van der Waals surface area contributed by atoms with Crippen LogP contribution in [0.1, 0.15) is 32.6 Å². The highest BCUT2D eigenvalue weighted by atomic mass is 16.5. The van der Waals surface area contributed by atoms with Crippen molar-refractivity contribution in [3.63, 3.8) is 0 Å². The molecule has 2 aliphatic rings. The second-order valence-electron chi connectivity index (χ2n) is 5.68. The van der Waals surface area contributed by atoms with Gasteiger partial charge in [-0.1, -0.05) is 6.92 Å². The molecule has 0 spiro atoms. The summed E-state index contributed by atoms with van der Waals surface area (Å²) >= 11 is 0. The highest BCUT2D eigenvalue weighted by Gasteiger charge is 2.44. The normalized spacial score (nSPS) is 29.7. The van der Waals surface area contributed by atoms with E-state index in [4.69, 9.17) is 15.2 Å². The highest BCUT2D eigenvalue weighted by Crippen LogP contribution is 2.35. The van der Waals surface area contributed by atoms with Gasteiger partial charge in [-0.05, 0) is 32.7 Å². The molecule has 0 aliphatic carbocycles. The molecule has 0 aromatic carbocycles. The largest absolute Gasteiger partial charge is 0.381 e. The van der Waals surface area contributed by atoms with E-state index in [9.17, 15) is 0 Å². The Labute approximate surface area is 111 Å². The summed E-state index contributed by atoms with van der Waals surface area (Å²) in [7, 11) is 2.25. The van der Waals surface area contributed by atoms with Crippen molar-refractivity contribution in [1.82, 2.24) is 4.90 Å². The summed E-state index contributed by atoms with van der Waals surface area (Å²) in [5.74, 6) is 0.584. The highest BCUT2D eigenvalue weighted by molar-refractivity contribution is 4.99. The van der Waals surface area contributed by atoms with Crippen LogP contribution in [0.15, 0.2) is 0 Å². The third-order valence-electron chi connectivity index (χ3n) is 5.10. The summed E-state index contributed by atoms with van der Waals surface area (Å²) in [6.45, 7) is 6.54. The maximum atomic E-state index is 6.18. The van der Waals surface area contributed by atoms with E-state index >= 15 is 0 Å². The molecular weight excluding hydrogens is 228 g/mol. The fourth-order valence-electron chi connectivity index (χ4n) is 3.68. The lowest BCUT2D eigenvalue weighted by Gasteiger charge is -2.49. The number of nitrogens with zero attached hydrogens (tertiary/aromatic N) is 1. The van der Waals surface area contributed by atoms with E-state index in [1.165, 1.54) is 0 Å². The Morgan fingerprint density at radius 1 is 1.17 bits per heavy atom. The van der Waals surface area contributed by atoms with Crippen LogP contribution in [0.2, 0.25) is 0 Å². The number of likely N-dealkylation sites (N-methyl/N-ethyl adjacent to an activating group) is 1. The molecular formula is C14H28N2O2. The Hall–Kier alpha value is -0.160. The van der Waals surface area contributed by atoms with E-state index in [2.05, 4.69) is 18.9 Å². The molecule has 0 bridgehead atoms. The minimum Gasteiger partial charge on any atom is -0.381 e. The Balaban J connectivity index is 2.11. The zero-order valence-electron chi connectivity index (χ0n) is 11.9. The van der Waals surface area contributed by atoms with Crippen molar-refractivity contribution in [2.75, 3.05) is 40.0 Å². The average molecular weight is 256 g/mol. The fourth-order valence-corrected chi connectivity index (χ4v) is 3.68. The molecule has 106 valence electrons. The van der Waals surface area contributed by atoms with Crippen LogP contribution in [0.4, 0.5) is 0 Å². The first kappa shape index (κ1) is 14.3. The minimum atomic E-state index is 0.110. The summed E-state index contributed by atoms with van der Waals surface area (Å²) in [6.07, 6.45) is 4.52. The lowest BCUT2D eigenvalue weighted by atomic mass is 9.78. The first-order valence-corrected chi connectivity index (χ1v) is 7.33. The first-order valence-electron chi connectivity index (χ1n) is 7.33. The van der Waals surface area contributed by atoms with Crippen molar-refractivity contribution in [1.29, 1.82) is 0 Å². The van der Waals surface area contributed by atoms with E-state index in [1.54, 1.807) is 0 Å². The molecule has 18 heavy (non-hydrogen) atoms. The predicted molar refractivity (Wildman–Crippen MR) is 72.6 cm³/mol. The van der Waals surface area contributed by atoms with Gasteiger partial charge >= 0.3 is 0 Å². The maximum absolute atomic E-state index is 6.18. The Morgan fingerprint density at radius 3 is 2.33 bits per heavy atom. The van der Waals surface area contributed by atoms with Gasteiger partial charge in [-0.15, -0.1) is 0 Å². The minimum absolute atomic E-state index is 0.110. The van der Waals surface area contributed by atoms with Gasteiger partial charge in [0.05, 0.1) is 6.61 Å². The number of nitrogens with two attached hydrogens (primary N) is 1. The molecule has 2 atom stereocenters. The Kier molecular flexibility index (Phi) is 5.01. The third-order valence-corrected chi connectivity index (χ3v) is 5.10. The summed E-state index contributed by atoms with van der Waals surface area (Å²) in [6, 6.07) is 0.614. The molecule has 0 amide bonds. The van der Waals surface area contributed by atoms with Crippen molar-refractivity contribution in [2.24, 2.45) is 11.7 Å². The lowest BCUT2D eigenvalue weighted by Crippen LogP contribution is -2.61. The van der Waals surface area contributed by atoms with E-state index < -0.39 is 0 Å². The molecule has 2 rings (SSSR count). The number of hydrogen-bond acceptors (Lipinski definition) is 4. The number of hydrogen-bond donors (Lipinski definition) is 1. The van der Waals surface area contributed by atoms with Crippen LogP contribution in [-0.4, -0.2) is 56.5 Å². The zero-order valence-corrected chi connectivity index (χ0v) is 11.9. The zero-order chi connectivity index (χ0) is 13.0. The van der Waals surface area contributed by atoms with Crippen LogP contribution in [0.3, 0.4) is 0 Å². The molecule has 2 fully saturated rings. The molecule has 2 aliphatic heterocycles. The van der Waals surface area contributed by atoms with Crippen molar-refractivity contribution in [3.8, 4) is 0 Å². The van der Waals surface area contributed by atoms with Crippen molar-refractivity contribution in [3.05, 3.63) is 0 Å². The van der Waals surface area contributed by atoms with Gasteiger partial charge in [-0.25, -0.2) is 0 Å². The standard InChI is InChI=1S/C14H28N2O2/c1-3-14(11-15,12-4-7-18-10-12)16(2)13-5-8-17-9-6-13/h12-13H,3-11,15H2,1-2H3. The second-order valence-corrected chi connectivity index (χ2v) is 5.68. The second kappa shape index (κ2) is 6.33. The van der Waals surface area contributed by atoms with E-state index in [0.29, 0.717) is 12.0 Å². The molecule has 2 N–H and O–H groups in total. The number of rotatable bonds is 5. The van der Waals surface area contributed by atoms with Gasteiger partial charge < -0.3 is 15.2 Å². The van der Waals surface area contributed by atoms with E-state index in [1.807, 2.05) is 0 Å². The van der Waals surface area contributed by atoms with Gasteiger partial charge in [-0.3, -0.25) is 4.90 Å². The Bertz CT molecular complexity index is 244. The molecule has 2 unspecified atom stereocenters. The molecule has 2 saturated heterocycles. The SMILES string of the molecule is CCC(CN)(C1CCOC1)N(C)C1CCOCC1. The van der Waals surface area contributed by atoms with Gasteiger partial charge in [0.25, 0.3) is 0 Å². The molecule has 2 heterocycles. The summed E-state index contributed by atoms with van der Waals surface area (Å²) in [5, 5.41) is 0. The van der Waals surface area contributed by atoms with Crippen LogP contribution >= 0.6 is 0 Å². The molecule has 0 saturated carbocycles. The lowest BCUT2D eigenvalue weighted by molar-refractivity contribution is -0.0297. The summed E-state index contributed by atoms with van der Waals surface area (Å²) in [5.41, 5.74) is 6.29. The van der Waals surface area contributed by atoms with E-state index in [0.717, 1.165) is 58.7 Å². The first-order chi connectivity index (χ1) is 8.74. The Morgan fingerprint density at radius 2 is 1.83 bits per heavy atom. The smallest absolute Gasteiger partial charge is 0.0513 e. The van der Waals surface area contributed by atoms with Crippen molar-refractivity contribution >= 4 is 0 Å². The van der Waals surface area contributed by atoms with Crippen LogP contribution in [0.25, 0.3) is 0 Å². The van der Waals surface area contributed by atoms with Crippen molar-refractivity contribution < 1.29 is 9.47 Å². The topological polar surface area (TPSA) is 47.7 Å². The van der Waals surface area contributed by atoms with E-state index in [-0.39, 0.29) is 5.54 Å². The van der Waals surface area contributed by atoms with Gasteiger partial charge in [0.1, 0.15) is 0 Å². The summed E-state index contributed by atoms with van der Waals surface area (Å²) in [4.78, 5) is 2.55. The van der Waals surface area contributed by atoms with Gasteiger partial charge in [0, 0.05) is 43.9 Å². The monoisotopic (exact) mass is 256 g/mol. The average Bonchev–Trinajstić information content (AvgIpc) is 2.96. The summed E-state index contributed by atoms with van der Waals surface area (Å²) < 4.78 is 11.1. The van der Waals surface area contributed by atoms with Crippen LogP contribution < -0.4 is 5.73 Å². The van der Waals surface area contributed by atoms with Crippen LogP contribution in [0, 0.1) is 5.92 Å². The maximum Gasteiger partial charge on any atom is 0.0513 e. The molecule has 4 nitrogen and oxygen atoms in total. The van der Waals surface area contributed by atoms with Crippen LogP contribution in [-0.2, 0) is 9.47 Å². The van der Waals surface area contributed by atoms with Gasteiger partial charge in [0.2, 0.25) is 0 Å². The fraction of sp³-hybridized carbons (Fsp3) is 1.00. The molecule has 0 aromatic rings. The van der Waals surface area contributed by atoms with Gasteiger partial charge in [-0.2, -0.15) is 0 Å². The third kappa shape index (κ3) is 2.57. The molecule has 4 heteroatoms. The number of ether oxygens (including phenoxy) is 2. The van der Waals surface area contributed by atoms with Crippen molar-refractivity contribution in [2.45, 2.75) is 44.2 Å².